The summed E-state index contributed by atoms with van der Waals surface area (Å²) in [6.07, 6.45) is 0. The molecule has 0 saturated heterocycles. The van der Waals surface area contributed by atoms with Gasteiger partial charge in [-0.25, -0.2) is 0 Å². The van der Waals surface area contributed by atoms with Crippen LogP contribution in [0.3, 0.4) is 0 Å². The second-order valence-electron chi connectivity index (χ2n) is 6.82. The van der Waals surface area contributed by atoms with Gasteiger partial charge >= 0.3 is 0 Å². The number of thiophene rings is 1. The van der Waals surface area contributed by atoms with Gasteiger partial charge in [-0.15, -0.1) is 11.3 Å². The van der Waals surface area contributed by atoms with Crippen LogP contribution in [0.15, 0.2) is 66.7 Å². The fraction of sp³-hybridized carbons (Fsp3) is 0.174. The molecule has 1 N–H and O–H groups in total. The number of benzene rings is 2. The van der Waals surface area contributed by atoms with Crippen LogP contribution in [0.1, 0.15) is 32.1 Å². The van der Waals surface area contributed by atoms with Crippen molar-refractivity contribution in [3.63, 3.8) is 0 Å². The number of aryl methyl sites for hydroxylation is 2. The maximum Gasteiger partial charge on any atom is 0.268 e. The molecule has 27 heavy (non-hydrogen) atoms. The molecule has 3 nitrogen and oxygen atoms in total. The molecule has 0 aliphatic carbocycles. The van der Waals surface area contributed by atoms with Crippen LogP contribution < -0.4 is 5.32 Å². The standard InChI is InChI=1S/C23H22N2OS/c1-16-8-6-7-11-19(16)15-25-20-12-17(2)27-22(20)13-21(25)23(26)24-14-18-9-4-3-5-10-18/h3-13H,14-15H2,1-2H3,(H,24,26). The molecule has 0 unspecified atom stereocenters. The lowest BCUT2D eigenvalue weighted by Crippen LogP contribution is -2.25. The zero-order chi connectivity index (χ0) is 18.8. The highest BCUT2D eigenvalue weighted by atomic mass is 32.1. The zero-order valence-corrected chi connectivity index (χ0v) is 16.3. The van der Waals surface area contributed by atoms with E-state index in [9.17, 15) is 4.79 Å². The third-order valence-electron chi connectivity index (χ3n) is 4.83. The Bertz CT molecular complexity index is 1090. The van der Waals surface area contributed by atoms with Gasteiger partial charge in [0.1, 0.15) is 5.69 Å². The largest absolute Gasteiger partial charge is 0.347 e. The molecule has 4 heteroatoms. The zero-order valence-electron chi connectivity index (χ0n) is 15.5. The van der Waals surface area contributed by atoms with Crippen molar-refractivity contribution in [3.8, 4) is 0 Å². The van der Waals surface area contributed by atoms with Crippen LogP contribution in [0.5, 0.6) is 0 Å². The lowest BCUT2D eigenvalue weighted by atomic mass is 10.1. The van der Waals surface area contributed by atoms with E-state index in [2.05, 4.69) is 48.0 Å². The number of rotatable bonds is 5. The van der Waals surface area contributed by atoms with E-state index in [4.69, 9.17) is 0 Å². The summed E-state index contributed by atoms with van der Waals surface area (Å²) >= 11 is 1.73. The van der Waals surface area contributed by atoms with E-state index in [-0.39, 0.29) is 5.91 Å². The molecule has 2 heterocycles. The van der Waals surface area contributed by atoms with Crippen molar-refractivity contribution in [2.24, 2.45) is 0 Å². The number of nitrogens with one attached hydrogen (secondary N) is 1. The molecule has 1 amide bonds. The van der Waals surface area contributed by atoms with Crippen molar-refractivity contribution >= 4 is 27.5 Å². The van der Waals surface area contributed by atoms with Crippen molar-refractivity contribution < 1.29 is 4.79 Å². The summed E-state index contributed by atoms with van der Waals surface area (Å²) in [6, 6.07) is 22.5. The Balaban J connectivity index is 1.66. The monoisotopic (exact) mass is 374 g/mol. The molecule has 0 aliphatic rings. The summed E-state index contributed by atoms with van der Waals surface area (Å²) in [6.45, 7) is 5.45. The minimum absolute atomic E-state index is 0.0338. The first-order valence-corrected chi connectivity index (χ1v) is 9.90. The minimum Gasteiger partial charge on any atom is -0.347 e. The Kier molecular flexibility index (Phi) is 4.82. The van der Waals surface area contributed by atoms with Crippen molar-refractivity contribution in [1.82, 2.24) is 9.88 Å². The van der Waals surface area contributed by atoms with E-state index in [1.807, 2.05) is 42.5 Å². The van der Waals surface area contributed by atoms with Gasteiger partial charge in [0.15, 0.2) is 0 Å². The Hall–Kier alpha value is -2.85. The molecular formula is C23H22N2OS. The van der Waals surface area contributed by atoms with Crippen LogP contribution in [0.4, 0.5) is 0 Å². The van der Waals surface area contributed by atoms with Crippen LogP contribution >= 0.6 is 11.3 Å². The number of aromatic nitrogens is 1. The van der Waals surface area contributed by atoms with Gasteiger partial charge in [0.2, 0.25) is 0 Å². The maximum absolute atomic E-state index is 12.9. The highest BCUT2D eigenvalue weighted by molar-refractivity contribution is 7.19. The lowest BCUT2D eigenvalue weighted by Gasteiger charge is -2.13. The minimum atomic E-state index is -0.0338. The van der Waals surface area contributed by atoms with E-state index in [0.717, 1.165) is 21.5 Å². The molecule has 0 bridgehead atoms. The third kappa shape index (κ3) is 3.67. The van der Waals surface area contributed by atoms with Crippen LogP contribution in [-0.4, -0.2) is 10.5 Å². The first kappa shape index (κ1) is 17.6. The Morgan fingerprint density at radius 3 is 2.52 bits per heavy atom. The number of hydrogen-bond acceptors (Lipinski definition) is 2. The SMILES string of the molecule is Cc1cc2c(cc(C(=O)NCc3ccccc3)n2Cc2ccccc2C)s1. The molecule has 4 rings (SSSR count). The second-order valence-corrected chi connectivity index (χ2v) is 8.10. The van der Waals surface area contributed by atoms with Crippen LogP contribution in [0.2, 0.25) is 0 Å². The van der Waals surface area contributed by atoms with Gasteiger partial charge in [0.05, 0.1) is 10.2 Å². The molecule has 136 valence electrons. The summed E-state index contributed by atoms with van der Waals surface area (Å²) in [5.74, 6) is -0.0338. The molecule has 0 aliphatic heterocycles. The number of hydrogen-bond donors (Lipinski definition) is 1. The second kappa shape index (κ2) is 7.41. The molecule has 0 fully saturated rings. The van der Waals surface area contributed by atoms with Gasteiger partial charge in [-0.2, -0.15) is 0 Å². The van der Waals surface area contributed by atoms with Gasteiger partial charge in [-0.05, 0) is 42.7 Å². The highest BCUT2D eigenvalue weighted by Crippen LogP contribution is 2.29. The van der Waals surface area contributed by atoms with Gasteiger partial charge < -0.3 is 9.88 Å². The third-order valence-corrected chi connectivity index (χ3v) is 5.82. The highest BCUT2D eigenvalue weighted by Gasteiger charge is 2.18. The maximum atomic E-state index is 12.9. The van der Waals surface area contributed by atoms with Crippen molar-refractivity contribution in [1.29, 1.82) is 0 Å². The van der Waals surface area contributed by atoms with Crippen molar-refractivity contribution in [3.05, 3.63) is 94.0 Å². The van der Waals surface area contributed by atoms with Crippen LogP contribution in [-0.2, 0) is 13.1 Å². The number of carbonyl (C=O) groups excluding carboxylic acids is 1. The average molecular weight is 375 g/mol. The normalized spacial score (nSPS) is 11.0. The summed E-state index contributed by atoms with van der Waals surface area (Å²) in [4.78, 5) is 14.2. The molecule has 0 spiro atoms. The molecule has 4 aromatic rings. The predicted molar refractivity (Wildman–Crippen MR) is 112 cm³/mol. The number of nitrogens with zero attached hydrogens (tertiary/aromatic N) is 1. The van der Waals surface area contributed by atoms with Gasteiger partial charge in [0, 0.05) is 18.0 Å². The topological polar surface area (TPSA) is 34.0 Å². The molecule has 0 saturated carbocycles. The van der Waals surface area contributed by atoms with E-state index < -0.39 is 0 Å². The van der Waals surface area contributed by atoms with E-state index in [1.165, 1.54) is 16.0 Å². The van der Waals surface area contributed by atoms with E-state index in [1.54, 1.807) is 11.3 Å². The van der Waals surface area contributed by atoms with Crippen LogP contribution in [0, 0.1) is 13.8 Å². The predicted octanol–water partition coefficient (Wildman–Crippen LogP) is 5.30. The lowest BCUT2D eigenvalue weighted by molar-refractivity contribution is 0.0942. The fourth-order valence-electron chi connectivity index (χ4n) is 3.35. The molecule has 0 atom stereocenters. The summed E-state index contributed by atoms with van der Waals surface area (Å²) in [7, 11) is 0. The van der Waals surface area contributed by atoms with E-state index >= 15 is 0 Å². The summed E-state index contributed by atoms with van der Waals surface area (Å²) in [5, 5.41) is 3.07. The smallest absolute Gasteiger partial charge is 0.268 e. The number of fused-ring (bicyclic) bond motifs is 1. The fourth-order valence-corrected chi connectivity index (χ4v) is 4.31. The number of amides is 1. The Morgan fingerprint density at radius 2 is 1.74 bits per heavy atom. The van der Waals surface area contributed by atoms with Gasteiger partial charge in [-0.3, -0.25) is 4.79 Å². The van der Waals surface area contributed by atoms with Crippen LogP contribution in [0.25, 0.3) is 10.2 Å². The summed E-state index contributed by atoms with van der Waals surface area (Å²) < 4.78 is 3.30. The van der Waals surface area contributed by atoms with E-state index in [0.29, 0.717) is 13.1 Å². The summed E-state index contributed by atoms with van der Waals surface area (Å²) in [5.41, 5.74) is 5.42. The Morgan fingerprint density at radius 1 is 1.00 bits per heavy atom. The van der Waals surface area contributed by atoms with Crippen molar-refractivity contribution in [2.45, 2.75) is 26.9 Å². The van der Waals surface area contributed by atoms with Gasteiger partial charge in [0.25, 0.3) is 5.91 Å². The van der Waals surface area contributed by atoms with Gasteiger partial charge in [-0.1, -0.05) is 54.6 Å². The number of carbonyl (C=O) groups is 1. The Labute approximate surface area is 163 Å². The quantitative estimate of drug-likeness (QED) is 0.505. The van der Waals surface area contributed by atoms with Crippen molar-refractivity contribution in [2.75, 3.05) is 0 Å². The molecule has 2 aromatic heterocycles. The molecule has 2 aromatic carbocycles. The first-order chi connectivity index (χ1) is 13.1. The molecule has 0 radical (unpaired) electrons. The molecular weight excluding hydrogens is 352 g/mol. The first-order valence-electron chi connectivity index (χ1n) is 9.08. The average Bonchev–Trinajstić information content (AvgIpc) is 3.19.